The first-order chi connectivity index (χ1) is 8.09. The second-order valence-corrected chi connectivity index (χ2v) is 4.89. The minimum absolute atomic E-state index is 0.252. The first-order valence-electron chi connectivity index (χ1n) is 5.73. The van der Waals surface area contributed by atoms with E-state index in [0.29, 0.717) is 17.9 Å². The van der Waals surface area contributed by atoms with E-state index in [4.69, 9.17) is 16.3 Å². The zero-order valence-corrected chi connectivity index (χ0v) is 10.4. The fourth-order valence-electron chi connectivity index (χ4n) is 1.96. The van der Waals surface area contributed by atoms with Crippen LogP contribution >= 0.6 is 11.6 Å². The van der Waals surface area contributed by atoms with Crippen molar-refractivity contribution in [1.82, 2.24) is 0 Å². The molecule has 0 N–H and O–H groups in total. The lowest BCUT2D eigenvalue weighted by molar-refractivity contribution is 0.0991. The molecule has 1 atom stereocenters. The summed E-state index contributed by atoms with van der Waals surface area (Å²) >= 11 is 5.73. The van der Waals surface area contributed by atoms with Crippen LogP contribution in [0.3, 0.4) is 0 Å². The molecule has 1 aliphatic rings. The molecule has 92 valence electrons. The lowest BCUT2D eigenvalue weighted by Crippen LogP contribution is -2.12. The number of alkyl halides is 1. The maximum atomic E-state index is 13.8. The molecule has 0 saturated carbocycles. The highest BCUT2D eigenvalue weighted by atomic mass is 35.5. The summed E-state index contributed by atoms with van der Waals surface area (Å²) in [5.74, 6) is -0.427. The molecule has 0 saturated heterocycles. The molecule has 4 heteroatoms. The van der Waals surface area contributed by atoms with Crippen molar-refractivity contribution in [2.75, 3.05) is 6.61 Å². The first-order valence-corrected chi connectivity index (χ1v) is 6.16. The van der Waals surface area contributed by atoms with E-state index >= 15 is 0 Å². The summed E-state index contributed by atoms with van der Waals surface area (Å²) in [5.41, 5.74) is 1.09. The molecule has 1 aromatic carbocycles. The van der Waals surface area contributed by atoms with Gasteiger partial charge in [0.05, 0.1) is 12.0 Å². The number of Topliss-reactive ketones (excluding diaryl/α,β-unsaturated/α-hetero) is 1. The summed E-state index contributed by atoms with van der Waals surface area (Å²) < 4.78 is 19.2. The molecule has 0 spiro atoms. The van der Waals surface area contributed by atoms with Crippen LogP contribution < -0.4 is 4.74 Å². The molecule has 17 heavy (non-hydrogen) atoms. The van der Waals surface area contributed by atoms with Gasteiger partial charge in [-0.3, -0.25) is 4.79 Å². The molecule has 1 heterocycles. The van der Waals surface area contributed by atoms with Crippen molar-refractivity contribution in [1.29, 1.82) is 0 Å². The lowest BCUT2D eigenvalue weighted by atomic mass is 10.0. The molecule has 0 fully saturated rings. The van der Waals surface area contributed by atoms with E-state index in [-0.39, 0.29) is 5.78 Å². The number of benzene rings is 1. The van der Waals surface area contributed by atoms with Gasteiger partial charge in [-0.25, -0.2) is 4.39 Å². The van der Waals surface area contributed by atoms with Crippen molar-refractivity contribution in [3.63, 3.8) is 0 Å². The van der Waals surface area contributed by atoms with Crippen molar-refractivity contribution in [2.24, 2.45) is 0 Å². The maximum absolute atomic E-state index is 13.8. The number of carbonyl (C=O) groups is 1. The predicted octanol–water partition coefficient (Wildman–Crippen LogP) is 3.35. The number of ketones is 1. The fourth-order valence-corrected chi connectivity index (χ4v) is 2.09. The summed E-state index contributed by atoms with van der Waals surface area (Å²) in [6, 6.07) is 2.91. The average molecular weight is 257 g/mol. The van der Waals surface area contributed by atoms with E-state index < -0.39 is 11.2 Å². The monoisotopic (exact) mass is 256 g/mol. The van der Waals surface area contributed by atoms with Gasteiger partial charge in [0.1, 0.15) is 0 Å². The van der Waals surface area contributed by atoms with Gasteiger partial charge < -0.3 is 4.74 Å². The van der Waals surface area contributed by atoms with Gasteiger partial charge in [0, 0.05) is 5.56 Å². The average Bonchev–Trinajstić information content (AvgIpc) is 2.53. The Morgan fingerprint density at radius 2 is 2.24 bits per heavy atom. The van der Waals surface area contributed by atoms with E-state index in [1.54, 1.807) is 13.0 Å². The Hall–Kier alpha value is -1.09. The molecule has 0 bridgehead atoms. The number of rotatable bonds is 2. The van der Waals surface area contributed by atoms with Crippen LogP contribution in [-0.4, -0.2) is 17.8 Å². The number of aryl methyl sites for hydroxylation is 1. The molecule has 2 rings (SSSR count). The minimum atomic E-state index is -0.640. The summed E-state index contributed by atoms with van der Waals surface area (Å²) in [4.78, 5) is 11.7. The second kappa shape index (κ2) is 5.05. The third kappa shape index (κ3) is 2.60. The first kappa shape index (κ1) is 12.4. The standard InChI is InChI=1S/C13H14ClFO2/c1-8(14)12(16)10-6-9-4-2-3-5-17-13(9)11(15)7-10/h6-8H,2-5H2,1H3. The summed E-state index contributed by atoms with van der Waals surface area (Å²) in [7, 11) is 0. The highest BCUT2D eigenvalue weighted by molar-refractivity contribution is 6.33. The van der Waals surface area contributed by atoms with Crippen molar-refractivity contribution in [3.8, 4) is 5.75 Å². The topological polar surface area (TPSA) is 26.3 Å². The molecule has 2 nitrogen and oxygen atoms in total. The Kier molecular flexibility index (Phi) is 3.67. The van der Waals surface area contributed by atoms with E-state index in [9.17, 15) is 9.18 Å². The smallest absolute Gasteiger partial charge is 0.180 e. The van der Waals surface area contributed by atoms with Crippen molar-refractivity contribution >= 4 is 17.4 Å². The van der Waals surface area contributed by atoms with E-state index in [2.05, 4.69) is 0 Å². The SMILES string of the molecule is CC(Cl)C(=O)c1cc(F)c2c(c1)CCCCO2. The quantitative estimate of drug-likeness (QED) is 0.599. The van der Waals surface area contributed by atoms with Crippen LogP contribution in [-0.2, 0) is 6.42 Å². The van der Waals surface area contributed by atoms with Gasteiger partial charge in [0.15, 0.2) is 17.3 Å². The van der Waals surface area contributed by atoms with E-state index in [1.807, 2.05) is 0 Å². The van der Waals surface area contributed by atoms with Crippen LogP contribution in [0.2, 0.25) is 0 Å². The van der Waals surface area contributed by atoms with Crippen LogP contribution in [0.15, 0.2) is 12.1 Å². The zero-order valence-electron chi connectivity index (χ0n) is 9.63. The number of carbonyl (C=O) groups excluding carboxylic acids is 1. The molecule has 1 aliphatic heterocycles. The van der Waals surface area contributed by atoms with Gasteiger partial charge in [-0.1, -0.05) is 0 Å². The largest absolute Gasteiger partial charge is 0.490 e. The fraction of sp³-hybridized carbons (Fsp3) is 0.462. The van der Waals surface area contributed by atoms with Gasteiger partial charge in [0.2, 0.25) is 0 Å². The van der Waals surface area contributed by atoms with Crippen molar-refractivity contribution in [2.45, 2.75) is 31.6 Å². The molecule has 0 aliphatic carbocycles. The molecule has 0 aromatic heterocycles. The molecule has 1 aromatic rings. The van der Waals surface area contributed by atoms with E-state index in [0.717, 1.165) is 24.8 Å². The maximum Gasteiger partial charge on any atom is 0.180 e. The molecular weight excluding hydrogens is 243 g/mol. The summed E-state index contributed by atoms with van der Waals surface area (Å²) in [6.07, 6.45) is 2.59. The molecule has 0 amide bonds. The normalized spacial score (nSPS) is 16.6. The summed E-state index contributed by atoms with van der Waals surface area (Å²) in [6.45, 7) is 2.12. The van der Waals surface area contributed by atoms with Crippen LogP contribution in [0.4, 0.5) is 4.39 Å². The molecule has 0 radical (unpaired) electrons. The molecular formula is C13H14ClFO2. The highest BCUT2D eigenvalue weighted by Gasteiger charge is 2.20. The van der Waals surface area contributed by atoms with Gasteiger partial charge in [-0.05, 0) is 43.9 Å². The Balaban J connectivity index is 2.42. The Morgan fingerprint density at radius 3 is 2.94 bits per heavy atom. The van der Waals surface area contributed by atoms with Crippen LogP contribution in [0.25, 0.3) is 0 Å². The number of hydrogen-bond acceptors (Lipinski definition) is 2. The highest BCUT2D eigenvalue weighted by Crippen LogP contribution is 2.29. The van der Waals surface area contributed by atoms with Gasteiger partial charge in [-0.2, -0.15) is 0 Å². The zero-order chi connectivity index (χ0) is 12.4. The van der Waals surface area contributed by atoms with Crippen LogP contribution in [0.1, 0.15) is 35.7 Å². The predicted molar refractivity (Wildman–Crippen MR) is 64.5 cm³/mol. The van der Waals surface area contributed by atoms with Crippen molar-refractivity contribution < 1.29 is 13.9 Å². The third-order valence-electron chi connectivity index (χ3n) is 2.85. The Bertz CT molecular complexity index is 443. The number of hydrogen-bond donors (Lipinski definition) is 0. The Labute approximate surface area is 105 Å². The van der Waals surface area contributed by atoms with Crippen LogP contribution in [0, 0.1) is 5.82 Å². The van der Waals surface area contributed by atoms with Gasteiger partial charge in [-0.15, -0.1) is 11.6 Å². The lowest BCUT2D eigenvalue weighted by Gasteiger charge is -2.11. The molecule has 1 unspecified atom stereocenters. The van der Waals surface area contributed by atoms with Gasteiger partial charge in [0.25, 0.3) is 0 Å². The van der Waals surface area contributed by atoms with Crippen LogP contribution in [0.5, 0.6) is 5.75 Å². The minimum Gasteiger partial charge on any atom is -0.490 e. The van der Waals surface area contributed by atoms with Gasteiger partial charge >= 0.3 is 0 Å². The summed E-state index contributed by atoms with van der Waals surface area (Å²) in [5, 5.41) is -0.640. The van der Waals surface area contributed by atoms with Crippen molar-refractivity contribution in [3.05, 3.63) is 29.1 Å². The second-order valence-electron chi connectivity index (χ2n) is 4.23. The number of fused-ring (bicyclic) bond motifs is 1. The Morgan fingerprint density at radius 1 is 1.47 bits per heavy atom. The number of halogens is 2. The number of ether oxygens (including phenoxy) is 1. The van der Waals surface area contributed by atoms with E-state index in [1.165, 1.54) is 6.07 Å². The third-order valence-corrected chi connectivity index (χ3v) is 3.05.